The summed E-state index contributed by atoms with van der Waals surface area (Å²) in [5, 5.41) is 2.92. The molecule has 1 saturated heterocycles. The summed E-state index contributed by atoms with van der Waals surface area (Å²) in [7, 11) is 2.07. The van der Waals surface area contributed by atoms with E-state index in [1.165, 1.54) is 17.8 Å². The summed E-state index contributed by atoms with van der Waals surface area (Å²) in [6.07, 6.45) is -2.34. The van der Waals surface area contributed by atoms with E-state index < -0.39 is 11.7 Å². The van der Waals surface area contributed by atoms with E-state index in [2.05, 4.69) is 45.1 Å². The Bertz CT molecular complexity index is 1390. The van der Waals surface area contributed by atoms with E-state index >= 15 is 0 Å². The number of aromatic nitrogens is 1. The van der Waals surface area contributed by atoms with Gasteiger partial charge in [0.15, 0.2) is 0 Å². The average molecular weight is 519 g/mol. The maximum absolute atomic E-state index is 13.1. The van der Waals surface area contributed by atoms with Gasteiger partial charge < -0.3 is 14.8 Å². The van der Waals surface area contributed by atoms with Crippen molar-refractivity contribution in [2.24, 2.45) is 7.05 Å². The maximum Gasteiger partial charge on any atom is 0.416 e. The molecule has 0 radical (unpaired) electrons. The van der Waals surface area contributed by atoms with Crippen LogP contribution in [-0.2, 0) is 19.8 Å². The molecular formula is C30H29F3N4O. The topological polar surface area (TPSA) is 40.5 Å². The molecule has 38 heavy (non-hydrogen) atoms. The van der Waals surface area contributed by atoms with Crippen LogP contribution in [-0.4, -0.2) is 41.6 Å². The average Bonchev–Trinajstić information content (AvgIpc) is 3.33. The van der Waals surface area contributed by atoms with Crippen LogP contribution in [0.15, 0.2) is 91.1 Å². The Morgan fingerprint density at radius 3 is 2.16 bits per heavy atom. The molecule has 1 aliphatic rings. The van der Waals surface area contributed by atoms with Crippen molar-refractivity contribution >= 4 is 17.3 Å². The van der Waals surface area contributed by atoms with Crippen molar-refractivity contribution in [3.05, 3.63) is 108 Å². The lowest BCUT2D eigenvalue weighted by Gasteiger charge is -2.36. The number of nitrogens with one attached hydrogen (secondary N) is 1. The van der Waals surface area contributed by atoms with Gasteiger partial charge in [0, 0.05) is 68.6 Å². The van der Waals surface area contributed by atoms with Crippen LogP contribution in [0.5, 0.6) is 0 Å². The van der Waals surface area contributed by atoms with Crippen LogP contribution in [0.4, 0.5) is 24.5 Å². The quantitative estimate of drug-likeness (QED) is 0.326. The van der Waals surface area contributed by atoms with Crippen LogP contribution in [0.3, 0.4) is 0 Å². The summed E-state index contributed by atoms with van der Waals surface area (Å²) >= 11 is 0. The van der Waals surface area contributed by atoms with Crippen molar-refractivity contribution in [2.75, 3.05) is 36.4 Å². The van der Waals surface area contributed by atoms with Gasteiger partial charge in [-0.15, -0.1) is 0 Å². The van der Waals surface area contributed by atoms with Crippen molar-refractivity contribution in [2.45, 2.75) is 12.7 Å². The minimum absolute atomic E-state index is 0.317. The molecule has 0 aliphatic carbocycles. The molecule has 1 N–H and O–H groups in total. The molecule has 1 fully saturated rings. The molecule has 1 aliphatic heterocycles. The second-order valence-corrected chi connectivity index (χ2v) is 9.50. The summed E-state index contributed by atoms with van der Waals surface area (Å²) < 4.78 is 41.0. The predicted molar refractivity (Wildman–Crippen MR) is 144 cm³/mol. The first-order valence-corrected chi connectivity index (χ1v) is 12.5. The molecule has 5 rings (SSSR count). The Kier molecular flexibility index (Phi) is 7.24. The van der Waals surface area contributed by atoms with Gasteiger partial charge in [-0.1, -0.05) is 30.3 Å². The first-order valence-electron chi connectivity index (χ1n) is 12.5. The first kappa shape index (κ1) is 25.6. The number of benzene rings is 3. The molecular weight excluding hydrogens is 489 g/mol. The highest BCUT2D eigenvalue weighted by molar-refractivity contribution is 6.08. The maximum atomic E-state index is 13.1. The lowest BCUT2D eigenvalue weighted by Crippen LogP contribution is -2.46. The molecule has 0 bridgehead atoms. The number of piperazine rings is 1. The van der Waals surface area contributed by atoms with Gasteiger partial charge in [-0.05, 0) is 65.7 Å². The van der Waals surface area contributed by atoms with Gasteiger partial charge in [0.1, 0.15) is 0 Å². The van der Waals surface area contributed by atoms with Crippen LogP contribution in [0.1, 0.15) is 21.6 Å². The number of carbonyl (C=O) groups is 1. The van der Waals surface area contributed by atoms with Crippen LogP contribution < -0.4 is 10.2 Å². The highest BCUT2D eigenvalue weighted by atomic mass is 19.4. The van der Waals surface area contributed by atoms with E-state index in [9.17, 15) is 18.0 Å². The van der Waals surface area contributed by atoms with Gasteiger partial charge in [-0.25, -0.2) is 0 Å². The molecule has 0 atom stereocenters. The van der Waals surface area contributed by atoms with Gasteiger partial charge in [0.2, 0.25) is 0 Å². The summed E-state index contributed by atoms with van der Waals surface area (Å²) in [5.74, 6) is -0.317. The number of alkyl halides is 3. The van der Waals surface area contributed by atoms with E-state index in [-0.39, 0.29) is 5.91 Å². The van der Waals surface area contributed by atoms with Crippen molar-refractivity contribution < 1.29 is 18.0 Å². The lowest BCUT2D eigenvalue weighted by atomic mass is 9.98. The van der Waals surface area contributed by atoms with Crippen LogP contribution >= 0.6 is 0 Å². The van der Waals surface area contributed by atoms with E-state index in [0.717, 1.165) is 50.5 Å². The van der Waals surface area contributed by atoms with Crippen molar-refractivity contribution in [3.8, 4) is 11.1 Å². The summed E-state index contributed by atoms with van der Waals surface area (Å²) in [6, 6.07) is 23.7. The number of nitrogens with zero attached hydrogens (tertiary/aromatic N) is 3. The highest BCUT2D eigenvalue weighted by Gasteiger charge is 2.30. The normalized spacial score (nSPS) is 14.5. The Hall–Kier alpha value is -4.04. The molecule has 196 valence electrons. The smallest absolute Gasteiger partial charge is 0.369 e. The third-order valence-electron chi connectivity index (χ3n) is 6.99. The second kappa shape index (κ2) is 10.8. The number of hydrogen-bond donors (Lipinski definition) is 1. The number of rotatable bonds is 6. The number of anilines is 2. The number of carbonyl (C=O) groups excluding carboxylic acids is 1. The Labute approximate surface area is 220 Å². The molecule has 3 aromatic carbocycles. The zero-order chi connectivity index (χ0) is 26.7. The van der Waals surface area contributed by atoms with Crippen LogP contribution in [0.25, 0.3) is 11.1 Å². The Morgan fingerprint density at radius 2 is 1.53 bits per heavy atom. The number of hydrogen-bond acceptors (Lipinski definition) is 3. The fraction of sp³-hybridized carbons (Fsp3) is 0.233. The molecule has 4 aromatic rings. The van der Waals surface area contributed by atoms with E-state index in [1.807, 2.05) is 24.3 Å². The third-order valence-corrected chi connectivity index (χ3v) is 6.99. The van der Waals surface area contributed by atoms with Gasteiger partial charge in [0.05, 0.1) is 5.56 Å². The summed E-state index contributed by atoms with van der Waals surface area (Å²) in [5.41, 5.74) is 3.86. The van der Waals surface area contributed by atoms with Gasteiger partial charge >= 0.3 is 6.18 Å². The third kappa shape index (κ3) is 5.75. The zero-order valence-corrected chi connectivity index (χ0v) is 21.1. The van der Waals surface area contributed by atoms with Gasteiger partial charge in [-0.3, -0.25) is 9.69 Å². The fourth-order valence-electron chi connectivity index (χ4n) is 4.78. The molecule has 2 heterocycles. The lowest BCUT2D eigenvalue weighted by molar-refractivity contribution is -0.137. The monoisotopic (exact) mass is 518 g/mol. The first-order chi connectivity index (χ1) is 18.3. The minimum atomic E-state index is -4.41. The zero-order valence-electron chi connectivity index (χ0n) is 21.1. The molecule has 0 saturated carbocycles. The molecule has 0 spiro atoms. The summed E-state index contributed by atoms with van der Waals surface area (Å²) in [6.45, 7) is 4.75. The predicted octanol–water partition coefficient (Wildman–Crippen LogP) is 6.29. The molecule has 8 heteroatoms. The molecule has 5 nitrogen and oxygen atoms in total. The standard InChI is InChI=1S/C30H29F3N4O/c1-35-16-4-5-26(35)21-36-17-19-37(20-18-36)25-14-12-24(13-15-25)34-29(38)28-7-3-2-6-27(28)22-8-10-23(11-9-22)30(31,32)33/h2-16H,17-21H2,1H3,(H,34,38). The number of halogens is 3. The molecule has 1 aromatic heterocycles. The largest absolute Gasteiger partial charge is 0.416 e. The second-order valence-electron chi connectivity index (χ2n) is 9.50. The Morgan fingerprint density at radius 1 is 0.842 bits per heavy atom. The van der Waals surface area contributed by atoms with E-state index in [1.54, 1.807) is 24.3 Å². The van der Waals surface area contributed by atoms with Crippen molar-refractivity contribution in [3.63, 3.8) is 0 Å². The summed E-state index contributed by atoms with van der Waals surface area (Å²) in [4.78, 5) is 17.9. The van der Waals surface area contributed by atoms with Crippen LogP contribution in [0, 0.1) is 0 Å². The van der Waals surface area contributed by atoms with E-state index in [4.69, 9.17) is 0 Å². The number of aryl methyl sites for hydroxylation is 1. The van der Waals surface area contributed by atoms with Crippen LogP contribution in [0.2, 0.25) is 0 Å². The van der Waals surface area contributed by atoms with E-state index in [0.29, 0.717) is 22.4 Å². The fourth-order valence-corrected chi connectivity index (χ4v) is 4.78. The Balaban J connectivity index is 1.21. The highest BCUT2D eigenvalue weighted by Crippen LogP contribution is 2.32. The van der Waals surface area contributed by atoms with Crippen molar-refractivity contribution in [1.29, 1.82) is 0 Å². The van der Waals surface area contributed by atoms with Gasteiger partial charge in [0.25, 0.3) is 5.91 Å². The molecule has 0 unspecified atom stereocenters. The SMILES string of the molecule is Cn1cccc1CN1CCN(c2ccc(NC(=O)c3ccccc3-c3ccc(C(F)(F)F)cc3)cc2)CC1. The molecule has 1 amide bonds. The van der Waals surface area contributed by atoms with Crippen molar-refractivity contribution in [1.82, 2.24) is 9.47 Å². The number of amides is 1. The minimum Gasteiger partial charge on any atom is -0.369 e. The van der Waals surface area contributed by atoms with Gasteiger partial charge in [-0.2, -0.15) is 13.2 Å².